The van der Waals surface area contributed by atoms with Gasteiger partial charge < -0.3 is 10.6 Å². The van der Waals surface area contributed by atoms with E-state index in [1.807, 2.05) is 0 Å². The molecule has 2 aromatic carbocycles. The molecule has 1 unspecified atom stereocenters. The fourth-order valence-corrected chi connectivity index (χ4v) is 4.28. The molecule has 0 aliphatic rings. The van der Waals surface area contributed by atoms with E-state index in [-0.39, 0.29) is 27.5 Å². The van der Waals surface area contributed by atoms with Crippen LogP contribution in [0.4, 0.5) is 11.5 Å². The molecule has 0 bridgehead atoms. The second-order valence-corrected chi connectivity index (χ2v) is 10.2. The summed E-state index contributed by atoms with van der Waals surface area (Å²) < 4.78 is 16.4. The summed E-state index contributed by atoms with van der Waals surface area (Å²) in [4.78, 5) is 45.1. The first-order valence-electron chi connectivity index (χ1n) is 9.91. The summed E-state index contributed by atoms with van der Waals surface area (Å²) >= 11 is 11.9. The predicted octanol–water partition coefficient (Wildman–Crippen LogP) is 4.58. The average molecular weight is 532 g/mol. The van der Waals surface area contributed by atoms with Gasteiger partial charge in [-0.15, -0.1) is 0 Å². The molecule has 3 aromatic rings. The highest BCUT2D eigenvalue weighted by molar-refractivity contribution is 7.93. The molecule has 9 nitrogen and oxygen atoms in total. The Morgan fingerprint density at radius 1 is 0.943 bits per heavy atom. The Kier molecular flexibility index (Phi) is 8.34. The second kappa shape index (κ2) is 11.2. The Morgan fingerprint density at radius 3 is 2.26 bits per heavy atom. The summed E-state index contributed by atoms with van der Waals surface area (Å²) in [5, 5.41) is 6.00. The van der Waals surface area contributed by atoms with Crippen LogP contribution in [0.5, 0.6) is 0 Å². The highest BCUT2D eigenvalue weighted by Gasteiger charge is 2.17. The molecule has 35 heavy (non-hydrogen) atoms. The Morgan fingerprint density at radius 2 is 1.63 bits per heavy atom. The van der Waals surface area contributed by atoms with Crippen LogP contribution in [-0.4, -0.2) is 46.4 Å². The molecule has 180 valence electrons. The van der Waals surface area contributed by atoms with Crippen molar-refractivity contribution in [3.63, 3.8) is 0 Å². The van der Waals surface area contributed by atoms with Crippen molar-refractivity contribution in [2.75, 3.05) is 23.9 Å². The third-order valence-corrected chi connectivity index (χ3v) is 6.63. The van der Waals surface area contributed by atoms with Crippen LogP contribution < -0.4 is 10.6 Å². The minimum absolute atomic E-state index is 0.116. The van der Waals surface area contributed by atoms with Crippen molar-refractivity contribution in [2.24, 2.45) is 9.36 Å². The van der Waals surface area contributed by atoms with E-state index in [2.05, 4.69) is 25.0 Å². The molecule has 0 saturated carbocycles. The van der Waals surface area contributed by atoms with Crippen molar-refractivity contribution in [1.82, 2.24) is 4.98 Å². The molecule has 2 N–H and O–H groups in total. The van der Waals surface area contributed by atoms with Gasteiger partial charge in [0.2, 0.25) is 0 Å². The molecule has 0 aliphatic carbocycles. The number of hydrogen-bond donors (Lipinski definition) is 2. The SMILES string of the molecule is CN=CC(=O)N=S(C)(=O)c1ccc(C(=O)Nc2ccc(Cl)cc2C(=O)Nc2ccc(Cl)cn2)cc1. The van der Waals surface area contributed by atoms with E-state index in [4.69, 9.17) is 23.2 Å². The Hall–Kier alpha value is -3.60. The first-order chi connectivity index (χ1) is 16.6. The number of hydrogen-bond acceptors (Lipinski definition) is 6. The lowest BCUT2D eigenvalue weighted by Gasteiger charge is -2.12. The maximum atomic E-state index is 12.8. The summed E-state index contributed by atoms with van der Waals surface area (Å²) in [7, 11) is -1.61. The quantitative estimate of drug-likeness (QED) is 0.449. The number of nitrogens with one attached hydrogen (secondary N) is 2. The molecule has 0 saturated heterocycles. The van der Waals surface area contributed by atoms with Crippen LogP contribution in [0, 0.1) is 0 Å². The molecule has 1 atom stereocenters. The number of carbonyl (C=O) groups is 3. The molecule has 0 fully saturated rings. The number of rotatable bonds is 6. The van der Waals surface area contributed by atoms with Gasteiger partial charge in [-0.2, -0.15) is 4.36 Å². The molecular formula is C23H19Cl2N5O4S. The lowest BCUT2D eigenvalue weighted by Crippen LogP contribution is -2.18. The van der Waals surface area contributed by atoms with Gasteiger partial charge in [0.05, 0.1) is 32.2 Å². The number of anilines is 2. The summed E-state index contributed by atoms with van der Waals surface area (Å²) in [6.07, 6.45) is 3.67. The topological polar surface area (TPSA) is 130 Å². The van der Waals surface area contributed by atoms with Gasteiger partial charge in [0, 0.05) is 35.0 Å². The smallest absolute Gasteiger partial charge is 0.296 e. The predicted molar refractivity (Wildman–Crippen MR) is 137 cm³/mol. The molecule has 1 heterocycles. The zero-order valence-corrected chi connectivity index (χ0v) is 20.8. The zero-order chi connectivity index (χ0) is 25.6. The second-order valence-electron chi connectivity index (χ2n) is 7.10. The van der Waals surface area contributed by atoms with Gasteiger partial charge in [0.25, 0.3) is 17.7 Å². The maximum Gasteiger partial charge on any atom is 0.296 e. The molecule has 1 aromatic heterocycles. The van der Waals surface area contributed by atoms with Crippen LogP contribution in [0.1, 0.15) is 20.7 Å². The van der Waals surface area contributed by atoms with Crippen molar-refractivity contribution in [1.29, 1.82) is 0 Å². The van der Waals surface area contributed by atoms with Gasteiger partial charge >= 0.3 is 0 Å². The number of pyridine rings is 1. The van der Waals surface area contributed by atoms with Crippen molar-refractivity contribution in [3.05, 3.63) is 82.0 Å². The maximum absolute atomic E-state index is 12.8. The van der Waals surface area contributed by atoms with Gasteiger partial charge in [-0.3, -0.25) is 19.4 Å². The van der Waals surface area contributed by atoms with Crippen LogP contribution in [0.25, 0.3) is 0 Å². The lowest BCUT2D eigenvalue weighted by molar-refractivity contribution is -0.111. The van der Waals surface area contributed by atoms with Gasteiger partial charge in [-0.25, -0.2) is 9.19 Å². The normalized spacial score (nSPS) is 12.6. The monoisotopic (exact) mass is 531 g/mol. The first kappa shape index (κ1) is 26.0. The average Bonchev–Trinajstić information content (AvgIpc) is 2.81. The Balaban J connectivity index is 1.81. The van der Waals surface area contributed by atoms with E-state index in [0.717, 1.165) is 6.21 Å². The number of amides is 3. The lowest BCUT2D eigenvalue weighted by atomic mass is 10.1. The summed E-state index contributed by atoms with van der Waals surface area (Å²) in [5.41, 5.74) is 0.561. The number of nitrogens with zero attached hydrogens (tertiary/aromatic N) is 3. The summed E-state index contributed by atoms with van der Waals surface area (Å²) in [5.74, 6) is -1.51. The standard InChI is InChI=1S/C23H19Cl2N5O4S/c1-26-13-21(31)30-35(2,34)17-7-3-14(4-8-17)22(32)28-19-9-5-15(24)11-18(19)23(33)29-20-10-6-16(25)12-27-20/h3-13H,1-2H3,(H,28,32)(H,27,29,33). The van der Waals surface area contributed by atoms with Gasteiger partial charge in [-0.05, 0) is 54.6 Å². The molecule has 0 spiro atoms. The molecule has 0 aliphatic heterocycles. The molecule has 12 heteroatoms. The van der Waals surface area contributed by atoms with Crippen molar-refractivity contribution in [2.45, 2.75) is 4.90 Å². The van der Waals surface area contributed by atoms with Crippen molar-refractivity contribution >= 4 is 68.4 Å². The third kappa shape index (κ3) is 6.95. The van der Waals surface area contributed by atoms with Gasteiger partial charge in [0.1, 0.15) is 5.82 Å². The molecule has 3 rings (SSSR count). The molecule has 0 radical (unpaired) electrons. The van der Waals surface area contributed by atoms with E-state index < -0.39 is 27.5 Å². The van der Waals surface area contributed by atoms with Crippen molar-refractivity contribution < 1.29 is 18.6 Å². The van der Waals surface area contributed by atoms with E-state index in [0.29, 0.717) is 10.0 Å². The number of aromatic nitrogens is 1. The zero-order valence-electron chi connectivity index (χ0n) is 18.5. The van der Waals surface area contributed by atoms with Gasteiger partial charge in [0.15, 0.2) is 0 Å². The van der Waals surface area contributed by atoms with E-state index >= 15 is 0 Å². The fourth-order valence-electron chi connectivity index (χ4n) is 2.86. The number of carbonyl (C=O) groups excluding carboxylic acids is 3. The van der Waals surface area contributed by atoms with E-state index in [1.165, 1.54) is 68.0 Å². The molecule has 3 amide bonds. The Labute approximate surface area is 211 Å². The minimum Gasteiger partial charge on any atom is -0.321 e. The fraction of sp³-hybridized carbons (Fsp3) is 0.0870. The van der Waals surface area contributed by atoms with Crippen LogP contribution in [0.3, 0.4) is 0 Å². The number of aliphatic imine (C=N–C) groups is 1. The van der Waals surface area contributed by atoms with E-state index in [1.54, 1.807) is 6.07 Å². The minimum atomic E-state index is -3.02. The van der Waals surface area contributed by atoms with Crippen LogP contribution in [0.2, 0.25) is 10.0 Å². The highest BCUT2D eigenvalue weighted by atomic mass is 35.5. The molecular weight excluding hydrogens is 513 g/mol. The van der Waals surface area contributed by atoms with Gasteiger partial charge in [-0.1, -0.05) is 23.2 Å². The number of halogens is 2. The summed E-state index contributed by atoms with van der Waals surface area (Å²) in [6, 6.07) is 13.3. The van der Waals surface area contributed by atoms with Crippen molar-refractivity contribution in [3.8, 4) is 0 Å². The highest BCUT2D eigenvalue weighted by Crippen LogP contribution is 2.23. The first-order valence-corrected chi connectivity index (χ1v) is 12.6. The van der Waals surface area contributed by atoms with Crippen LogP contribution in [-0.2, 0) is 14.5 Å². The summed E-state index contributed by atoms with van der Waals surface area (Å²) in [6.45, 7) is 0. The van der Waals surface area contributed by atoms with Crippen LogP contribution >= 0.6 is 23.2 Å². The Bertz CT molecular complexity index is 1430. The van der Waals surface area contributed by atoms with Crippen LogP contribution in [0.15, 0.2) is 75.0 Å². The third-order valence-electron chi connectivity index (χ3n) is 4.50. The number of benzene rings is 2. The largest absolute Gasteiger partial charge is 0.321 e. The van der Waals surface area contributed by atoms with E-state index in [9.17, 15) is 18.6 Å².